The average Bonchev–Trinajstić information content (AvgIpc) is 2.60. The smallest absolute Gasteiger partial charge is 0.257 e. The maximum absolute atomic E-state index is 12.6. The van der Waals surface area contributed by atoms with E-state index in [0.717, 1.165) is 32.5 Å². The lowest BCUT2D eigenvalue weighted by Crippen LogP contribution is -2.43. The minimum Gasteiger partial charge on any atom is -0.334 e. The highest BCUT2D eigenvalue weighted by Crippen LogP contribution is 2.19. The van der Waals surface area contributed by atoms with Gasteiger partial charge in [0.2, 0.25) is 0 Å². The lowest BCUT2D eigenvalue weighted by Gasteiger charge is -2.30. The van der Waals surface area contributed by atoms with Crippen molar-refractivity contribution in [1.82, 2.24) is 14.8 Å². The molecule has 1 aliphatic rings. The first-order valence-electron chi connectivity index (χ1n) is 6.73. The number of amides is 1. The molecule has 0 aliphatic carbocycles. The van der Waals surface area contributed by atoms with Crippen LogP contribution in [0.25, 0.3) is 0 Å². The highest BCUT2D eigenvalue weighted by molar-refractivity contribution is 6.32. The molecule has 1 aliphatic heterocycles. The summed E-state index contributed by atoms with van der Waals surface area (Å²) in [7, 11) is 2.10. The zero-order valence-electron chi connectivity index (χ0n) is 11.5. The minimum atomic E-state index is 0.000231. The number of aromatic nitrogens is 1. The molecule has 0 aromatic carbocycles. The number of hydrogen-bond donors (Lipinski definition) is 0. The van der Waals surface area contributed by atoms with Gasteiger partial charge in [-0.1, -0.05) is 18.5 Å². The fourth-order valence-corrected chi connectivity index (χ4v) is 2.76. The van der Waals surface area contributed by atoms with Crippen molar-refractivity contribution in [2.45, 2.75) is 25.8 Å². The van der Waals surface area contributed by atoms with Crippen LogP contribution in [0.15, 0.2) is 18.3 Å². The molecule has 0 radical (unpaired) electrons. The van der Waals surface area contributed by atoms with Crippen LogP contribution in [0.2, 0.25) is 5.15 Å². The van der Waals surface area contributed by atoms with Gasteiger partial charge in [0.25, 0.3) is 5.91 Å². The molecule has 1 unspecified atom stereocenters. The second-order valence-corrected chi connectivity index (χ2v) is 5.38. The van der Waals surface area contributed by atoms with E-state index in [2.05, 4.69) is 23.9 Å². The quantitative estimate of drug-likeness (QED) is 0.781. The van der Waals surface area contributed by atoms with Crippen LogP contribution in [-0.4, -0.2) is 53.4 Å². The number of likely N-dealkylation sites (N-methyl/N-ethyl adjacent to an activating group) is 1. The van der Waals surface area contributed by atoms with Gasteiger partial charge in [-0.3, -0.25) is 4.79 Å². The van der Waals surface area contributed by atoms with Crippen LogP contribution in [0, 0.1) is 0 Å². The second-order valence-electron chi connectivity index (χ2n) is 5.02. The first-order valence-corrected chi connectivity index (χ1v) is 7.11. The Kier molecular flexibility index (Phi) is 4.77. The molecule has 2 rings (SSSR count). The molecule has 1 aromatic heterocycles. The third kappa shape index (κ3) is 3.25. The van der Waals surface area contributed by atoms with E-state index in [9.17, 15) is 4.79 Å². The maximum atomic E-state index is 12.6. The predicted molar refractivity (Wildman–Crippen MR) is 76.5 cm³/mol. The van der Waals surface area contributed by atoms with Crippen LogP contribution in [0.1, 0.15) is 30.1 Å². The maximum Gasteiger partial charge on any atom is 0.257 e. The summed E-state index contributed by atoms with van der Waals surface area (Å²) >= 11 is 6.03. The normalized spacial score (nSPS) is 21.2. The van der Waals surface area contributed by atoms with Gasteiger partial charge in [0.1, 0.15) is 5.15 Å². The van der Waals surface area contributed by atoms with E-state index in [4.69, 9.17) is 11.6 Å². The highest BCUT2D eigenvalue weighted by Gasteiger charge is 2.27. The van der Waals surface area contributed by atoms with Crippen LogP contribution < -0.4 is 0 Å². The van der Waals surface area contributed by atoms with E-state index in [1.54, 1.807) is 18.3 Å². The fourth-order valence-electron chi connectivity index (χ4n) is 2.56. The SMILES string of the molecule is CCC1CN(C)CCCN1C(=O)c1cccnc1Cl. The monoisotopic (exact) mass is 281 g/mol. The summed E-state index contributed by atoms with van der Waals surface area (Å²) in [5.74, 6) is 0.000231. The average molecular weight is 282 g/mol. The Morgan fingerprint density at radius 1 is 1.53 bits per heavy atom. The van der Waals surface area contributed by atoms with E-state index in [1.165, 1.54) is 0 Å². The van der Waals surface area contributed by atoms with Crippen LogP contribution in [0.3, 0.4) is 0 Å². The molecule has 0 spiro atoms. The Morgan fingerprint density at radius 2 is 2.32 bits per heavy atom. The molecule has 1 fully saturated rings. The van der Waals surface area contributed by atoms with Crippen molar-refractivity contribution < 1.29 is 4.79 Å². The zero-order valence-corrected chi connectivity index (χ0v) is 12.2. The minimum absolute atomic E-state index is 0.000231. The van der Waals surface area contributed by atoms with Gasteiger partial charge in [-0.05, 0) is 38.6 Å². The van der Waals surface area contributed by atoms with Crippen molar-refractivity contribution >= 4 is 17.5 Å². The summed E-state index contributed by atoms with van der Waals surface area (Å²) in [4.78, 5) is 20.9. The second kappa shape index (κ2) is 6.35. The van der Waals surface area contributed by atoms with Crippen molar-refractivity contribution in [1.29, 1.82) is 0 Å². The molecular formula is C14H20ClN3O. The molecular weight excluding hydrogens is 262 g/mol. The first kappa shape index (κ1) is 14.3. The van der Waals surface area contributed by atoms with Crippen molar-refractivity contribution in [3.8, 4) is 0 Å². The van der Waals surface area contributed by atoms with E-state index in [0.29, 0.717) is 10.7 Å². The summed E-state index contributed by atoms with van der Waals surface area (Å²) in [6, 6.07) is 3.75. The third-order valence-electron chi connectivity index (χ3n) is 3.62. The molecule has 5 heteroatoms. The van der Waals surface area contributed by atoms with E-state index >= 15 is 0 Å². The van der Waals surface area contributed by atoms with Gasteiger partial charge in [-0.15, -0.1) is 0 Å². The number of carbonyl (C=O) groups is 1. The predicted octanol–water partition coefficient (Wildman–Crippen LogP) is 2.29. The van der Waals surface area contributed by atoms with Crippen molar-refractivity contribution in [2.75, 3.05) is 26.7 Å². The Balaban J connectivity index is 2.23. The molecule has 1 saturated heterocycles. The molecule has 0 N–H and O–H groups in total. The zero-order chi connectivity index (χ0) is 13.8. The van der Waals surface area contributed by atoms with Crippen LogP contribution >= 0.6 is 11.6 Å². The molecule has 0 saturated carbocycles. The highest BCUT2D eigenvalue weighted by atomic mass is 35.5. The summed E-state index contributed by atoms with van der Waals surface area (Å²) in [5, 5.41) is 0.292. The lowest BCUT2D eigenvalue weighted by atomic mass is 10.1. The van der Waals surface area contributed by atoms with Crippen molar-refractivity contribution in [2.24, 2.45) is 0 Å². The number of nitrogens with zero attached hydrogens (tertiary/aromatic N) is 3. The fraction of sp³-hybridized carbons (Fsp3) is 0.571. The lowest BCUT2D eigenvalue weighted by molar-refractivity contribution is 0.0675. The Hall–Kier alpha value is -1.13. The largest absolute Gasteiger partial charge is 0.334 e. The van der Waals surface area contributed by atoms with E-state index in [-0.39, 0.29) is 11.9 Å². The van der Waals surface area contributed by atoms with E-state index in [1.807, 2.05) is 4.90 Å². The molecule has 1 amide bonds. The Morgan fingerprint density at radius 3 is 3.00 bits per heavy atom. The van der Waals surface area contributed by atoms with Gasteiger partial charge < -0.3 is 9.80 Å². The number of halogens is 1. The Bertz CT molecular complexity index is 452. The standard InChI is InChI=1S/C14H20ClN3O/c1-3-11-10-17(2)8-5-9-18(11)14(19)12-6-4-7-16-13(12)15/h4,6-7,11H,3,5,8-10H2,1-2H3. The first-order chi connectivity index (χ1) is 9.13. The summed E-state index contributed by atoms with van der Waals surface area (Å²) < 4.78 is 0. The molecule has 1 atom stereocenters. The van der Waals surface area contributed by atoms with Gasteiger partial charge in [-0.25, -0.2) is 4.98 Å². The van der Waals surface area contributed by atoms with E-state index < -0.39 is 0 Å². The molecule has 19 heavy (non-hydrogen) atoms. The van der Waals surface area contributed by atoms with Crippen LogP contribution in [0.4, 0.5) is 0 Å². The van der Waals surface area contributed by atoms with Gasteiger partial charge in [0.15, 0.2) is 0 Å². The number of hydrogen-bond acceptors (Lipinski definition) is 3. The Labute approximate surface area is 119 Å². The summed E-state index contributed by atoms with van der Waals surface area (Å²) in [6.45, 7) is 4.85. The van der Waals surface area contributed by atoms with Crippen LogP contribution in [-0.2, 0) is 0 Å². The van der Waals surface area contributed by atoms with Gasteiger partial charge >= 0.3 is 0 Å². The van der Waals surface area contributed by atoms with Gasteiger partial charge in [0, 0.05) is 25.3 Å². The molecule has 104 valence electrons. The van der Waals surface area contributed by atoms with Crippen LogP contribution in [0.5, 0.6) is 0 Å². The van der Waals surface area contributed by atoms with Crippen molar-refractivity contribution in [3.63, 3.8) is 0 Å². The topological polar surface area (TPSA) is 36.4 Å². The molecule has 2 heterocycles. The summed E-state index contributed by atoms with van der Waals surface area (Å²) in [5.41, 5.74) is 0.507. The summed E-state index contributed by atoms with van der Waals surface area (Å²) in [6.07, 6.45) is 3.55. The van der Waals surface area contributed by atoms with Gasteiger partial charge in [-0.2, -0.15) is 0 Å². The molecule has 1 aromatic rings. The number of rotatable bonds is 2. The molecule has 0 bridgehead atoms. The third-order valence-corrected chi connectivity index (χ3v) is 3.92. The van der Waals surface area contributed by atoms with Gasteiger partial charge in [0.05, 0.1) is 5.56 Å². The number of pyridine rings is 1. The number of carbonyl (C=O) groups excluding carboxylic acids is 1. The molecule has 4 nitrogen and oxygen atoms in total. The van der Waals surface area contributed by atoms with Crippen molar-refractivity contribution in [3.05, 3.63) is 29.0 Å².